The van der Waals surface area contributed by atoms with Gasteiger partial charge in [0, 0.05) is 35.4 Å². The van der Waals surface area contributed by atoms with Crippen molar-refractivity contribution in [2.45, 2.75) is 19.9 Å². The van der Waals surface area contributed by atoms with Gasteiger partial charge in [0.1, 0.15) is 17.3 Å². The summed E-state index contributed by atoms with van der Waals surface area (Å²) in [5.74, 6) is 1.62. The van der Waals surface area contributed by atoms with Gasteiger partial charge in [0.05, 0.1) is 0 Å². The van der Waals surface area contributed by atoms with E-state index in [1.54, 1.807) is 12.4 Å². The van der Waals surface area contributed by atoms with Crippen molar-refractivity contribution in [1.82, 2.24) is 14.5 Å². The van der Waals surface area contributed by atoms with E-state index in [2.05, 4.69) is 39.4 Å². The molecular formula is C13H15BrN4. The number of hydrogen-bond donors (Lipinski definition) is 1. The van der Waals surface area contributed by atoms with Crippen molar-refractivity contribution in [2.75, 3.05) is 5.73 Å². The predicted molar refractivity (Wildman–Crippen MR) is 77.1 cm³/mol. The standard InChI is InChI=1S/C13H15BrN4/c1-3-5-18-11(4-2)17-12(13(18)15)9-6-10(14)8-16-7-9/h3,6-8H,1,4-5,15H2,2H3. The van der Waals surface area contributed by atoms with Crippen LogP contribution in [-0.4, -0.2) is 14.5 Å². The minimum Gasteiger partial charge on any atom is -0.383 e. The van der Waals surface area contributed by atoms with Crippen molar-refractivity contribution in [3.8, 4) is 11.3 Å². The molecule has 0 aliphatic heterocycles. The molecule has 94 valence electrons. The quantitative estimate of drug-likeness (QED) is 0.883. The lowest BCUT2D eigenvalue weighted by molar-refractivity contribution is 0.757. The summed E-state index contributed by atoms with van der Waals surface area (Å²) in [4.78, 5) is 8.73. The summed E-state index contributed by atoms with van der Waals surface area (Å²) in [6.07, 6.45) is 6.15. The monoisotopic (exact) mass is 306 g/mol. The number of rotatable bonds is 4. The average molecular weight is 307 g/mol. The second-order valence-electron chi connectivity index (χ2n) is 3.91. The molecule has 2 rings (SSSR count). The maximum atomic E-state index is 6.16. The highest BCUT2D eigenvalue weighted by Gasteiger charge is 2.14. The van der Waals surface area contributed by atoms with E-state index < -0.39 is 0 Å². The number of aromatic nitrogens is 3. The third-order valence-corrected chi connectivity index (χ3v) is 3.13. The number of anilines is 1. The van der Waals surface area contributed by atoms with E-state index in [1.165, 1.54) is 0 Å². The van der Waals surface area contributed by atoms with Crippen molar-refractivity contribution in [3.05, 3.63) is 41.4 Å². The Labute approximate surface area is 115 Å². The lowest BCUT2D eigenvalue weighted by atomic mass is 10.2. The van der Waals surface area contributed by atoms with Crippen LogP contribution >= 0.6 is 15.9 Å². The van der Waals surface area contributed by atoms with Crippen LogP contribution in [-0.2, 0) is 13.0 Å². The van der Waals surface area contributed by atoms with E-state index in [0.717, 1.165) is 28.0 Å². The van der Waals surface area contributed by atoms with E-state index in [1.807, 2.05) is 16.7 Å². The highest BCUT2D eigenvalue weighted by molar-refractivity contribution is 9.10. The lowest BCUT2D eigenvalue weighted by Crippen LogP contribution is -2.05. The number of imidazole rings is 1. The topological polar surface area (TPSA) is 56.7 Å². The van der Waals surface area contributed by atoms with Gasteiger partial charge in [0.25, 0.3) is 0 Å². The fourth-order valence-corrected chi connectivity index (χ4v) is 2.23. The molecule has 0 aliphatic rings. The summed E-state index contributed by atoms with van der Waals surface area (Å²) in [5.41, 5.74) is 7.85. The molecule has 0 saturated heterocycles. The SMILES string of the molecule is C=CCn1c(CC)nc(-c2cncc(Br)c2)c1N. The number of aryl methyl sites for hydroxylation is 1. The average Bonchev–Trinajstić information content (AvgIpc) is 2.67. The highest BCUT2D eigenvalue weighted by atomic mass is 79.9. The van der Waals surface area contributed by atoms with Crippen LogP contribution < -0.4 is 5.73 Å². The summed E-state index contributed by atoms with van der Waals surface area (Å²) < 4.78 is 2.89. The lowest BCUT2D eigenvalue weighted by Gasteiger charge is -2.05. The van der Waals surface area contributed by atoms with Gasteiger partial charge in [-0.1, -0.05) is 13.0 Å². The number of nitrogens with zero attached hydrogens (tertiary/aromatic N) is 3. The Kier molecular flexibility index (Phi) is 3.81. The van der Waals surface area contributed by atoms with Crippen molar-refractivity contribution < 1.29 is 0 Å². The second-order valence-corrected chi connectivity index (χ2v) is 4.82. The first-order chi connectivity index (χ1) is 8.67. The molecule has 0 bridgehead atoms. The zero-order valence-electron chi connectivity index (χ0n) is 10.2. The minimum atomic E-state index is 0.659. The van der Waals surface area contributed by atoms with Crippen LogP contribution in [0.2, 0.25) is 0 Å². The molecule has 5 heteroatoms. The smallest absolute Gasteiger partial charge is 0.132 e. The molecule has 2 N–H and O–H groups in total. The summed E-state index contributed by atoms with van der Waals surface area (Å²) in [7, 11) is 0. The van der Waals surface area contributed by atoms with Gasteiger partial charge in [-0.3, -0.25) is 4.98 Å². The van der Waals surface area contributed by atoms with Gasteiger partial charge in [-0.05, 0) is 22.0 Å². The molecule has 0 unspecified atom stereocenters. The van der Waals surface area contributed by atoms with E-state index in [9.17, 15) is 0 Å². The van der Waals surface area contributed by atoms with Crippen molar-refractivity contribution >= 4 is 21.7 Å². The molecule has 0 radical (unpaired) electrons. The molecule has 0 aromatic carbocycles. The molecule has 4 nitrogen and oxygen atoms in total. The van der Waals surface area contributed by atoms with Gasteiger partial charge >= 0.3 is 0 Å². The van der Waals surface area contributed by atoms with Crippen molar-refractivity contribution in [3.63, 3.8) is 0 Å². The van der Waals surface area contributed by atoms with Gasteiger partial charge in [-0.2, -0.15) is 0 Å². The second kappa shape index (κ2) is 5.35. The molecule has 0 spiro atoms. The van der Waals surface area contributed by atoms with Crippen LogP contribution in [0.25, 0.3) is 11.3 Å². The minimum absolute atomic E-state index is 0.659. The van der Waals surface area contributed by atoms with Crippen LogP contribution in [0, 0.1) is 0 Å². The molecule has 0 aliphatic carbocycles. The number of pyridine rings is 1. The van der Waals surface area contributed by atoms with Crippen molar-refractivity contribution in [2.24, 2.45) is 0 Å². The Morgan fingerprint density at radius 1 is 1.50 bits per heavy atom. The molecule has 18 heavy (non-hydrogen) atoms. The van der Waals surface area contributed by atoms with E-state index in [-0.39, 0.29) is 0 Å². The Hall–Kier alpha value is -1.62. The number of nitrogens with two attached hydrogens (primary N) is 1. The zero-order valence-corrected chi connectivity index (χ0v) is 11.8. The van der Waals surface area contributed by atoms with E-state index >= 15 is 0 Å². The first kappa shape index (κ1) is 12.8. The van der Waals surface area contributed by atoms with Crippen molar-refractivity contribution in [1.29, 1.82) is 0 Å². The van der Waals surface area contributed by atoms with E-state index in [0.29, 0.717) is 12.4 Å². The zero-order chi connectivity index (χ0) is 13.1. The van der Waals surface area contributed by atoms with Gasteiger partial charge in [-0.25, -0.2) is 4.98 Å². The maximum absolute atomic E-state index is 6.16. The first-order valence-corrected chi connectivity index (χ1v) is 6.53. The number of nitrogen functional groups attached to an aromatic ring is 1. The van der Waals surface area contributed by atoms with Crippen LogP contribution in [0.3, 0.4) is 0 Å². The Balaban J connectivity index is 2.55. The number of halogens is 1. The largest absolute Gasteiger partial charge is 0.383 e. The Bertz CT molecular complexity index is 574. The summed E-state index contributed by atoms with van der Waals surface area (Å²) in [6, 6.07) is 1.96. The summed E-state index contributed by atoms with van der Waals surface area (Å²) in [6.45, 7) is 6.47. The first-order valence-electron chi connectivity index (χ1n) is 5.74. The van der Waals surface area contributed by atoms with Gasteiger partial charge < -0.3 is 10.3 Å². The highest BCUT2D eigenvalue weighted by Crippen LogP contribution is 2.27. The number of hydrogen-bond acceptors (Lipinski definition) is 3. The van der Waals surface area contributed by atoms with Gasteiger partial charge in [-0.15, -0.1) is 6.58 Å². The Morgan fingerprint density at radius 2 is 2.28 bits per heavy atom. The van der Waals surface area contributed by atoms with E-state index in [4.69, 9.17) is 5.73 Å². The molecule has 2 heterocycles. The molecule has 0 atom stereocenters. The fourth-order valence-electron chi connectivity index (χ4n) is 1.87. The third kappa shape index (κ3) is 2.31. The van der Waals surface area contributed by atoms with Crippen LogP contribution in [0.15, 0.2) is 35.6 Å². The van der Waals surface area contributed by atoms with Crippen LogP contribution in [0.1, 0.15) is 12.7 Å². The Morgan fingerprint density at radius 3 is 2.89 bits per heavy atom. The molecule has 0 saturated carbocycles. The molecule has 2 aromatic heterocycles. The predicted octanol–water partition coefficient (Wildman–Crippen LogP) is 3.04. The summed E-state index contributed by atoms with van der Waals surface area (Å²) in [5, 5.41) is 0. The fraction of sp³-hybridized carbons (Fsp3) is 0.231. The molecule has 0 amide bonds. The maximum Gasteiger partial charge on any atom is 0.132 e. The number of allylic oxidation sites excluding steroid dienone is 1. The van der Waals surface area contributed by atoms with Gasteiger partial charge in [0.15, 0.2) is 0 Å². The molecular weight excluding hydrogens is 292 g/mol. The van der Waals surface area contributed by atoms with Crippen LogP contribution in [0.4, 0.5) is 5.82 Å². The summed E-state index contributed by atoms with van der Waals surface area (Å²) >= 11 is 3.40. The molecule has 2 aromatic rings. The molecule has 0 fully saturated rings. The van der Waals surface area contributed by atoms with Gasteiger partial charge in [0.2, 0.25) is 0 Å². The third-order valence-electron chi connectivity index (χ3n) is 2.69. The van der Waals surface area contributed by atoms with Crippen LogP contribution in [0.5, 0.6) is 0 Å². The normalized spacial score (nSPS) is 10.6.